The first-order valence-electron chi connectivity index (χ1n) is 7.09. The van der Waals surface area contributed by atoms with Crippen molar-refractivity contribution in [3.05, 3.63) is 43.0 Å². The van der Waals surface area contributed by atoms with Gasteiger partial charge in [0, 0.05) is 5.69 Å². The number of hydrogen-bond donors (Lipinski definition) is 1. The third-order valence-corrected chi connectivity index (χ3v) is 8.24. The Morgan fingerprint density at radius 3 is 2.05 bits per heavy atom. The summed E-state index contributed by atoms with van der Waals surface area (Å²) in [5, 5.41) is 3.45. The average molecular weight is 301 g/mol. The van der Waals surface area contributed by atoms with Gasteiger partial charge >= 0.3 is 0 Å². The highest BCUT2D eigenvalue weighted by Crippen LogP contribution is 2.37. The van der Waals surface area contributed by atoms with Crippen LogP contribution in [0.15, 0.2) is 43.0 Å². The van der Waals surface area contributed by atoms with Gasteiger partial charge in [-0.1, -0.05) is 20.8 Å². The normalized spacial score (nSPS) is 12.0. The van der Waals surface area contributed by atoms with Gasteiger partial charge in [-0.05, 0) is 42.4 Å². The van der Waals surface area contributed by atoms with Crippen LogP contribution in [0.4, 0.5) is 11.4 Å². The topological polar surface area (TPSA) is 47.0 Å². The molecule has 0 amide bonds. The van der Waals surface area contributed by atoms with Crippen LogP contribution in [0.3, 0.4) is 0 Å². The number of hydrogen-bond acceptors (Lipinski definition) is 4. The molecule has 1 aromatic carbocycles. The molecule has 112 valence electrons. The van der Waals surface area contributed by atoms with Gasteiger partial charge in [-0.3, -0.25) is 0 Å². The summed E-state index contributed by atoms with van der Waals surface area (Å²) in [6.45, 7) is 11.2. The van der Waals surface area contributed by atoms with Crippen molar-refractivity contribution in [3.8, 4) is 5.75 Å². The molecule has 0 radical (unpaired) electrons. The molecule has 0 aliphatic heterocycles. The van der Waals surface area contributed by atoms with Crippen molar-refractivity contribution in [1.29, 1.82) is 0 Å². The maximum absolute atomic E-state index is 6.26. The second-order valence-electron chi connectivity index (χ2n) is 6.64. The quantitative estimate of drug-likeness (QED) is 0.838. The Kier molecular flexibility index (Phi) is 4.32. The van der Waals surface area contributed by atoms with E-state index < -0.39 is 8.32 Å². The van der Waals surface area contributed by atoms with E-state index in [0.717, 1.165) is 17.1 Å². The smallest absolute Gasteiger partial charge is 0.250 e. The van der Waals surface area contributed by atoms with Crippen LogP contribution in [0.5, 0.6) is 5.75 Å². The van der Waals surface area contributed by atoms with Crippen LogP contribution in [0.1, 0.15) is 20.8 Å². The minimum Gasteiger partial charge on any atom is -0.544 e. The standard InChI is InChI=1S/C16H23N3OSi/c1-16(2,3)21(4,5)20-15-8-6-13(7-9-15)19-14-10-17-12-18-11-14/h6-12,19H,1-5H3. The van der Waals surface area contributed by atoms with E-state index >= 15 is 0 Å². The van der Waals surface area contributed by atoms with Gasteiger partial charge in [0.05, 0.1) is 18.1 Å². The maximum Gasteiger partial charge on any atom is 0.250 e. The molecule has 0 fully saturated rings. The van der Waals surface area contributed by atoms with Crippen molar-refractivity contribution in [1.82, 2.24) is 9.97 Å². The van der Waals surface area contributed by atoms with E-state index in [-0.39, 0.29) is 5.04 Å². The highest BCUT2D eigenvalue weighted by Gasteiger charge is 2.38. The highest BCUT2D eigenvalue weighted by molar-refractivity contribution is 6.74. The van der Waals surface area contributed by atoms with E-state index in [1.165, 1.54) is 6.33 Å². The molecule has 0 spiro atoms. The lowest BCUT2D eigenvalue weighted by molar-refractivity contribution is 0.492. The monoisotopic (exact) mass is 301 g/mol. The van der Waals surface area contributed by atoms with Crippen LogP contribution in [-0.2, 0) is 0 Å². The van der Waals surface area contributed by atoms with Crippen LogP contribution in [0.2, 0.25) is 18.1 Å². The fourth-order valence-electron chi connectivity index (χ4n) is 1.58. The van der Waals surface area contributed by atoms with Gasteiger partial charge < -0.3 is 9.74 Å². The Hall–Kier alpha value is -1.88. The number of nitrogens with one attached hydrogen (secondary N) is 1. The molecular formula is C16H23N3OSi. The van der Waals surface area contributed by atoms with Crippen molar-refractivity contribution in [3.63, 3.8) is 0 Å². The predicted molar refractivity (Wildman–Crippen MR) is 89.6 cm³/mol. The van der Waals surface area contributed by atoms with Gasteiger partial charge in [0.1, 0.15) is 12.1 Å². The molecule has 2 rings (SSSR count). The molecule has 2 aromatic rings. The molecule has 1 N–H and O–H groups in total. The molecule has 0 atom stereocenters. The first-order valence-corrected chi connectivity index (χ1v) is 10.00. The lowest BCUT2D eigenvalue weighted by Gasteiger charge is -2.36. The number of anilines is 2. The van der Waals surface area contributed by atoms with Crippen LogP contribution in [0, 0.1) is 0 Å². The molecule has 21 heavy (non-hydrogen) atoms. The molecule has 4 nitrogen and oxygen atoms in total. The summed E-state index contributed by atoms with van der Waals surface area (Å²) in [5.74, 6) is 0.927. The third kappa shape index (κ3) is 4.04. The van der Waals surface area contributed by atoms with Crippen molar-refractivity contribution in [2.45, 2.75) is 38.9 Å². The second-order valence-corrected chi connectivity index (χ2v) is 11.4. The van der Waals surface area contributed by atoms with Crippen molar-refractivity contribution in [2.75, 3.05) is 5.32 Å². The minimum absolute atomic E-state index is 0.200. The molecule has 0 saturated carbocycles. The highest BCUT2D eigenvalue weighted by atomic mass is 28.4. The van der Waals surface area contributed by atoms with Crippen molar-refractivity contribution in [2.24, 2.45) is 0 Å². The lowest BCUT2D eigenvalue weighted by atomic mass is 10.2. The van der Waals surface area contributed by atoms with Gasteiger partial charge in [0.25, 0.3) is 0 Å². The Bertz CT molecular complexity index is 577. The Morgan fingerprint density at radius 2 is 1.52 bits per heavy atom. The number of rotatable bonds is 4. The zero-order valence-corrected chi connectivity index (χ0v) is 14.3. The van der Waals surface area contributed by atoms with E-state index in [1.807, 2.05) is 24.3 Å². The summed E-state index contributed by atoms with van der Waals surface area (Å²) in [7, 11) is -1.78. The molecule has 1 aromatic heterocycles. The predicted octanol–water partition coefficient (Wildman–Crippen LogP) is 4.60. The maximum atomic E-state index is 6.26. The summed E-state index contributed by atoms with van der Waals surface area (Å²) in [4.78, 5) is 7.96. The van der Waals surface area contributed by atoms with Gasteiger partial charge in [0.15, 0.2) is 0 Å². The van der Waals surface area contributed by atoms with Crippen molar-refractivity contribution < 1.29 is 4.43 Å². The molecule has 1 heterocycles. The van der Waals surface area contributed by atoms with Crippen LogP contribution in [-0.4, -0.2) is 18.3 Å². The molecule has 0 saturated heterocycles. The van der Waals surface area contributed by atoms with Crippen LogP contribution in [0.25, 0.3) is 0 Å². The molecule has 5 heteroatoms. The number of benzene rings is 1. The SMILES string of the molecule is CC(C)(C)[Si](C)(C)Oc1ccc(Nc2cncnc2)cc1. The van der Waals surface area contributed by atoms with Gasteiger partial charge in [-0.25, -0.2) is 9.97 Å². The summed E-state index contributed by atoms with van der Waals surface area (Å²) in [6, 6.07) is 8.03. The first-order chi connectivity index (χ1) is 9.78. The molecule has 0 bridgehead atoms. The summed E-state index contributed by atoms with van der Waals surface area (Å²) < 4.78 is 6.26. The van der Waals surface area contributed by atoms with E-state index in [2.05, 4.69) is 49.1 Å². The zero-order chi connectivity index (χ0) is 15.5. The van der Waals surface area contributed by atoms with E-state index in [0.29, 0.717) is 0 Å². The van der Waals surface area contributed by atoms with E-state index in [4.69, 9.17) is 4.43 Å². The fourth-order valence-corrected chi connectivity index (χ4v) is 2.62. The zero-order valence-electron chi connectivity index (χ0n) is 13.3. The number of aromatic nitrogens is 2. The van der Waals surface area contributed by atoms with Crippen molar-refractivity contribution >= 4 is 19.7 Å². The van der Waals surface area contributed by atoms with Gasteiger partial charge in [-0.2, -0.15) is 0 Å². The van der Waals surface area contributed by atoms with Crippen LogP contribution < -0.4 is 9.74 Å². The molecule has 0 aliphatic rings. The summed E-state index contributed by atoms with van der Waals surface area (Å²) in [6.07, 6.45) is 5.00. The minimum atomic E-state index is -1.78. The van der Waals surface area contributed by atoms with Crippen LogP contribution >= 0.6 is 0 Å². The van der Waals surface area contributed by atoms with E-state index in [1.54, 1.807) is 12.4 Å². The fraction of sp³-hybridized carbons (Fsp3) is 0.375. The average Bonchev–Trinajstić information content (AvgIpc) is 2.41. The van der Waals surface area contributed by atoms with Gasteiger partial charge in [0.2, 0.25) is 8.32 Å². The Balaban J connectivity index is 2.06. The largest absolute Gasteiger partial charge is 0.544 e. The lowest BCUT2D eigenvalue weighted by Crippen LogP contribution is -2.43. The van der Waals surface area contributed by atoms with E-state index in [9.17, 15) is 0 Å². The number of nitrogens with zero attached hydrogens (tertiary/aromatic N) is 2. The first kappa shape index (κ1) is 15.5. The second kappa shape index (κ2) is 5.85. The molecule has 0 unspecified atom stereocenters. The third-order valence-electron chi connectivity index (χ3n) is 3.88. The molecular weight excluding hydrogens is 278 g/mol. The summed E-state index contributed by atoms with van der Waals surface area (Å²) >= 11 is 0. The Morgan fingerprint density at radius 1 is 0.952 bits per heavy atom. The molecule has 0 aliphatic carbocycles. The van der Waals surface area contributed by atoms with Gasteiger partial charge in [-0.15, -0.1) is 0 Å². The summed E-state index contributed by atoms with van der Waals surface area (Å²) in [5.41, 5.74) is 1.86. The Labute approximate surface area is 127 Å².